The zero-order chi connectivity index (χ0) is 3.58. The molecule has 0 spiro atoms. The normalized spacial score (nSPS) is 15.5. The molecule has 0 aromatic carbocycles. The summed E-state index contributed by atoms with van der Waals surface area (Å²) in [5.74, 6) is 0. The first-order valence-electron chi connectivity index (χ1n) is 0.500. The summed E-state index contributed by atoms with van der Waals surface area (Å²) in [7, 11) is -1.99. The van der Waals surface area contributed by atoms with Crippen LogP contribution in [0.2, 0.25) is 0 Å². The molecule has 0 N–H and O–H groups in total. The molecule has 1 unspecified atom stereocenters. The van der Waals surface area contributed by atoms with E-state index < -0.39 is 9.50 Å². The summed E-state index contributed by atoms with van der Waals surface area (Å²) in [6, 6.07) is 0. The summed E-state index contributed by atoms with van der Waals surface area (Å²) < 4.78 is 17.9. The summed E-state index contributed by atoms with van der Waals surface area (Å²) in [6.07, 6.45) is 0. The second-order valence-electron chi connectivity index (χ2n) is 0.204. The van der Waals surface area contributed by atoms with E-state index in [1.54, 1.807) is 0 Å². The fraction of sp³-hybridized carbons (Fsp3) is 0. The Hall–Kier alpha value is 0.629. The van der Waals surface area contributed by atoms with Crippen LogP contribution in [0.5, 0.6) is 0 Å². The number of rotatable bonds is 0. The maximum atomic E-state index is 8.94. The molecular weight excluding hydrogens is 143 g/mol. The van der Waals surface area contributed by atoms with Gasteiger partial charge in [-0.15, -0.1) is 0 Å². The van der Waals surface area contributed by atoms with Crippen molar-refractivity contribution in [3.63, 3.8) is 0 Å². The van der Waals surface area contributed by atoms with Gasteiger partial charge < -0.3 is 0 Å². The van der Waals surface area contributed by atoms with Crippen LogP contribution in [0, 0.1) is 0 Å². The zero-order valence-corrected chi connectivity index (χ0v) is 4.16. The van der Waals surface area contributed by atoms with Crippen molar-refractivity contribution < 1.29 is 8.76 Å². The third-order valence-electron chi connectivity index (χ3n) is 0. The SMILES string of the molecule is O=S([O-])[Se]. The van der Waals surface area contributed by atoms with Gasteiger partial charge in [0.25, 0.3) is 0 Å². The fourth-order valence-electron chi connectivity index (χ4n) is 0. The van der Waals surface area contributed by atoms with E-state index in [9.17, 15) is 0 Å². The van der Waals surface area contributed by atoms with Crippen molar-refractivity contribution in [1.29, 1.82) is 0 Å². The summed E-state index contributed by atoms with van der Waals surface area (Å²) >= 11 is 1.82. The van der Waals surface area contributed by atoms with Crippen molar-refractivity contribution in [3.05, 3.63) is 0 Å². The first-order chi connectivity index (χ1) is 1.73. The van der Waals surface area contributed by atoms with Gasteiger partial charge in [0.1, 0.15) is 0 Å². The Kier molecular flexibility index (Phi) is 2.20. The number of hydrogen-bond donors (Lipinski definition) is 0. The van der Waals surface area contributed by atoms with Gasteiger partial charge in [-0.25, -0.2) is 0 Å². The summed E-state index contributed by atoms with van der Waals surface area (Å²) in [4.78, 5) is 0. The molecule has 2 nitrogen and oxygen atoms in total. The van der Waals surface area contributed by atoms with Crippen molar-refractivity contribution in [2.24, 2.45) is 0 Å². The van der Waals surface area contributed by atoms with Gasteiger partial charge in [-0.05, 0) is 0 Å². The van der Waals surface area contributed by atoms with Crippen LogP contribution < -0.4 is 0 Å². The van der Waals surface area contributed by atoms with E-state index in [1.165, 1.54) is 0 Å². The van der Waals surface area contributed by atoms with Crippen molar-refractivity contribution in [2.45, 2.75) is 0 Å². The van der Waals surface area contributed by atoms with Crippen LogP contribution in [0.15, 0.2) is 0 Å². The second kappa shape index (κ2) is 1.91. The van der Waals surface area contributed by atoms with Gasteiger partial charge in [0.05, 0.1) is 0 Å². The molecule has 0 aliphatic rings. The Morgan fingerprint density at radius 1 is 2.00 bits per heavy atom. The molecule has 0 saturated carbocycles. The van der Waals surface area contributed by atoms with E-state index in [4.69, 9.17) is 8.76 Å². The predicted molar refractivity (Wildman–Crippen MR) is 14.7 cm³/mol. The number of hydrogen-bond acceptors (Lipinski definition) is 2. The van der Waals surface area contributed by atoms with Crippen molar-refractivity contribution in [1.82, 2.24) is 0 Å². The quantitative estimate of drug-likeness (QED) is 0.320. The summed E-state index contributed by atoms with van der Waals surface area (Å²) in [5.41, 5.74) is 0. The van der Waals surface area contributed by atoms with Crippen LogP contribution in [-0.4, -0.2) is 23.7 Å². The average Bonchev–Trinajstić information content (AvgIpc) is 0.811. The van der Waals surface area contributed by atoms with E-state index in [0.29, 0.717) is 0 Å². The van der Waals surface area contributed by atoms with Gasteiger partial charge in [0, 0.05) is 0 Å². The minimum absolute atomic E-state index is 1.82. The van der Waals surface area contributed by atoms with Crippen LogP contribution in [-0.2, 0) is 9.50 Å². The zero-order valence-electron chi connectivity index (χ0n) is 1.63. The van der Waals surface area contributed by atoms with Gasteiger partial charge in [0.15, 0.2) is 0 Å². The molecule has 0 bridgehead atoms. The van der Waals surface area contributed by atoms with Gasteiger partial charge in [-0.3, -0.25) is 0 Å². The third-order valence-corrected chi connectivity index (χ3v) is 0. The first-order valence-corrected chi connectivity index (χ1v) is 3.60. The molecule has 1 radical (unpaired) electrons. The topological polar surface area (TPSA) is 40.1 Å². The molecule has 0 heterocycles. The molecule has 0 aromatic rings. The molecule has 0 aliphatic heterocycles. The Morgan fingerprint density at radius 3 is 2.00 bits per heavy atom. The van der Waals surface area contributed by atoms with E-state index >= 15 is 0 Å². The average molecular weight is 143 g/mol. The monoisotopic (exact) mass is 144 g/mol. The van der Waals surface area contributed by atoms with Crippen LogP contribution in [0.3, 0.4) is 0 Å². The molecule has 0 fully saturated rings. The molecule has 25 valence electrons. The van der Waals surface area contributed by atoms with E-state index in [0.717, 1.165) is 0 Å². The minimum atomic E-state index is -1.99. The van der Waals surface area contributed by atoms with E-state index in [2.05, 4.69) is 0 Å². The second-order valence-corrected chi connectivity index (χ2v) is 2.33. The van der Waals surface area contributed by atoms with Crippen LogP contribution >= 0.6 is 0 Å². The Balaban J connectivity index is 2.80. The van der Waals surface area contributed by atoms with Crippen LogP contribution in [0.4, 0.5) is 0 Å². The van der Waals surface area contributed by atoms with E-state index in [1.807, 2.05) is 14.9 Å². The molecule has 0 aliphatic carbocycles. The molecule has 1 atom stereocenters. The van der Waals surface area contributed by atoms with E-state index in [-0.39, 0.29) is 0 Å². The predicted octanol–water partition coefficient (Wildman–Crippen LogP) is -1.05. The Bertz CT molecular complexity index is 29.0. The molecule has 4 heavy (non-hydrogen) atoms. The van der Waals surface area contributed by atoms with Gasteiger partial charge >= 0.3 is 33.2 Å². The van der Waals surface area contributed by atoms with Gasteiger partial charge in [-0.2, -0.15) is 0 Å². The van der Waals surface area contributed by atoms with Crippen molar-refractivity contribution >= 4 is 24.4 Å². The molecule has 4 heteroatoms. The van der Waals surface area contributed by atoms with Crippen LogP contribution in [0.25, 0.3) is 0 Å². The molecule has 0 amide bonds. The Morgan fingerprint density at radius 2 is 2.00 bits per heavy atom. The molecule has 0 aromatic heterocycles. The first kappa shape index (κ1) is 4.63. The summed E-state index contributed by atoms with van der Waals surface area (Å²) in [6.45, 7) is 0. The molecular formula is O2SSe-. The third kappa shape index (κ3) is 17.6. The molecule has 0 rings (SSSR count). The van der Waals surface area contributed by atoms with Crippen LogP contribution in [0.1, 0.15) is 0 Å². The Labute approximate surface area is 33.8 Å². The maximum absolute atomic E-state index is 8.94. The van der Waals surface area contributed by atoms with Gasteiger partial charge in [0.2, 0.25) is 0 Å². The standard InChI is InChI=1S/HO2SSe/c1-3(2)4/h(H,1,2)/p-1. The summed E-state index contributed by atoms with van der Waals surface area (Å²) in [5, 5.41) is 0. The van der Waals surface area contributed by atoms with Gasteiger partial charge in [-0.1, -0.05) is 0 Å². The fourth-order valence-corrected chi connectivity index (χ4v) is 0. The van der Waals surface area contributed by atoms with Crippen molar-refractivity contribution in [3.8, 4) is 0 Å². The van der Waals surface area contributed by atoms with Crippen molar-refractivity contribution in [2.75, 3.05) is 0 Å². The molecule has 0 saturated heterocycles.